The molecule has 0 aliphatic carbocycles. The molecule has 1 saturated heterocycles. The summed E-state index contributed by atoms with van der Waals surface area (Å²) in [5.74, 6) is -0.301. The highest BCUT2D eigenvalue weighted by atomic mass is 16.2. The number of imide groups is 1. The third-order valence-electron chi connectivity index (χ3n) is 6.15. The lowest BCUT2D eigenvalue weighted by molar-refractivity contribution is -0.125. The van der Waals surface area contributed by atoms with Crippen molar-refractivity contribution >= 4 is 23.7 Å². The largest absolute Gasteiger partial charge is 0.338 e. The summed E-state index contributed by atoms with van der Waals surface area (Å²) in [6, 6.07) is 15.3. The van der Waals surface area contributed by atoms with Crippen LogP contribution in [0.2, 0.25) is 0 Å². The van der Waals surface area contributed by atoms with Gasteiger partial charge < -0.3 is 10.2 Å². The number of nitrogens with zero attached hydrogens (tertiary/aromatic N) is 5. The van der Waals surface area contributed by atoms with Gasteiger partial charge in [0.25, 0.3) is 0 Å². The molecule has 9 nitrogen and oxygen atoms in total. The Balaban J connectivity index is 1.56. The fourth-order valence-electron chi connectivity index (χ4n) is 4.16. The summed E-state index contributed by atoms with van der Waals surface area (Å²) < 4.78 is 0. The Bertz CT molecular complexity index is 1180. The number of hydrogen-bond donors (Lipinski definition) is 1. The van der Waals surface area contributed by atoms with E-state index in [9.17, 15) is 14.4 Å². The Hall–Kier alpha value is -4.19. The smallest absolute Gasteiger partial charge is 0.330 e. The van der Waals surface area contributed by atoms with Gasteiger partial charge >= 0.3 is 12.1 Å². The van der Waals surface area contributed by atoms with Crippen LogP contribution >= 0.6 is 0 Å². The molecule has 174 valence electrons. The van der Waals surface area contributed by atoms with Gasteiger partial charge in [0, 0.05) is 20.0 Å². The monoisotopic (exact) mass is 458 g/mol. The lowest BCUT2D eigenvalue weighted by atomic mass is 10.0. The Morgan fingerprint density at radius 2 is 1.79 bits per heavy atom. The van der Waals surface area contributed by atoms with E-state index < -0.39 is 6.04 Å². The highest BCUT2D eigenvalue weighted by Crippen LogP contribution is 2.24. The predicted octanol–water partition coefficient (Wildman–Crippen LogP) is 3.01. The van der Waals surface area contributed by atoms with E-state index in [1.165, 1.54) is 16.8 Å². The van der Waals surface area contributed by atoms with Crippen LogP contribution in [0.4, 0.5) is 9.59 Å². The van der Waals surface area contributed by atoms with Crippen molar-refractivity contribution < 1.29 is 14.4 Å². The molecule has 34 heavy (non-hydrogen) atoms. The number of aryl methyl sites for hydroxylation is 1. The van der Waals surface area contributed by atoms with E-state index in [1.54, 1.807) is 29.2 Å². The molecular weight excluding hydrogens is 432 g/mol. The molecule has 1 N–H and O–H groups in total. The van der Waals surface area contributed by atoms with Crippen molar-refractivity contribution in [3.05, 3.63) is 70.8 Å². The van der Waals surface area contributed by atoms with Gasteiger partial charge in [0.2, 0.25) is 5.91 Å². The Morgan fingerprint density at radius 3 is 2.38 bits per heavy atom. The third-order valence-corrected chi connectivity index (χ3v) is 6.15. The maximum atomic E-state index is 13.1. The van der Waals surface area contributed by atoms with Crippen LogP contribution in [0.25, 0.3) is 0 Å². The molecule has 2 aliphatic rings. The SMILES string of the molecule is CC(=O)N1CCN(C2CN(C(=O)N[C@H](C)c3ccc(C#N)cc3)N=C2c2ccc(C)cc2)C1=O. The van der Waals surface area contributed by atoms with E-state index in [0.29, 0.717) is 24.4 Å². The molecule has 0 bridgehead atoms. The second-order valence-corrected chi connectivity index (χ2v) is 8.50. The number of hydrogen-bond acceptors (Lipinski definition) is 5. The number of nitriles is 1. The van der Waals surface area contributed by atoms with Gasteiger partial charge in [-0.3, -0.25) is 9.69 Å². The zero-order chi connectivity index (χ0) is 24.4. The first-order chi connectivity index (χ1) is 16.3. The van der Waals surface area contributed by atoms with Gasteiger partial charge in [-0.15, -0.1) is 0 Å². The number of carbonyl (C=O) groups excluding carboxylic acids is 3. The van der Waals surface area contributed by atoms with Crippen molar-refractivity contribution in [1.29, 1.82) is 5.26 Å². The number of hydrazone groups is 1. The van der Waals surface area contributed by atoms with Crippen LogP contribution in [0.15, 0.2) is 53.6 Å². The molecule has 0 saturated carbocycles. The minimum absolute atomic E-state index is 0.187. The molecule has 2 atom stereocenters. The Labute approximate surface area is 198 Å². The van der Waals surface area contributed by atoms with Crippen molar-refractivity contribution in [3.8, 4) is 6.07 Å². The maximum Gasteiger partial charge on any atom is 0.338 e. The molecule has 2 heterocycles. The van der Waals surface area contributed by atoms with Crippen molar-refractivity contribution in [3.63, 3.8) is 0 Å². The molecule has 5 amide bonds. The van der Waals surface area contributed by atoms with Crippen molar-refractivity contribution in [2.75, 3.05) is 19.6 Å². The Kier molecular flexibility index (Phi) is 6.32. The van der Waals surface area contributed by atoms with Gasteiger partial charge in [-0.25, -0.2) is 14.6 Å². The number of carbonyl (C=O) groups is 3. The van der Waals surface area contributed by atoms with E-state index in [-0.39, 0.29) is 30.6 Å². The van der Waals surface area contributed by atoms with E-state index in [0.717, 1.165) is 16.7 Å². The predicted molar refractivity (Wildman–Crippen MR) is 126 cm³/mol. The van der Waals surface area contributed by atoms with Crippen LogP contribution < -0.4 is 5.32 Å². The minimum Gasteiger partial charge on any atom is -0.330 e. The second kappa shape index (κ2) is 9.35. The summed E-state index contributed by atoms with van der Waals surface area (Å²) in [7, 11) is 0. The standard InChI is InChI=1S/C25H26N6O3/c1-16-4-8-21(9-5-16)23-22(30-13-12-29(18(3)32)25(30)34)15-31(28-23)24(33)27-17(2)20-10-6-19(14-26)7-11-20/h4-11,17,22H,12-13,15H2,1-3H3,(H,27,33)/t17-,22?/m1/s1. The van der Waals surface area contributed by atoms with Gasteiger partial charge in [0.15, 0.2) is 0 Å². The average molecular weight is 459 g/mol. The highest BCUT2D eigenvalue weighted by molar-refractivity contribution is 6.08. The van der Waals surface area contributed by atoms with E-state index >= 15 is 0 Å². The minimum atomic E-state index is -0.462. The van der Waals surface area contributed by atoms with Crippen molar-refractivity contribution in [1.82, 2.24) is 20.1 Å². The molecule has 2 aromatic carbocycles. The van der Waals surface area contributed by atoms with Gasteiger partial charge in [0.1, 0.15) is 0 Å². The van der Waals surface area contributed by atoms with E-state index in [2.05, 4.69) is 16.5 Å². The molecule has 9 heteroatoms. The number of nitrogens with one attached hydrogen (secondary N) is 1. The first-order valence-electron chi connectivity index (χ1n) is 11.1. The Morgan fingerprint density at radius 1 is 1.12 bits per heavy atom. The molecule has 4 rings (SSSR count). The summed E-state index contributed by atoms with van der Waals surface area (Å²) in [6.45, 7) is 6.09. The van der Waals surface area contributed by atoms with E-state index in [4.69, 9.17) is 5.26 Å². The normalized spacial score (nSPS) is 18.5. The molecule has 2 aromatic rings. The molecule has 0 spiro atoms. The molecule has 0 radical (unpaired) electrons. The summed E-state index contributed by atoms with van der Waals surface area (Å²) in [4.78, 5) is 40.6. The number of urea groups is 2. The van der Waals surface area contributed by atoms with Crippen LogP contribution in [-0.4, -0.2) is 64.2 Å². The lowest BCUT2D eigenvalue weighted by Crippen LogP contribution is -2.47. The number of benzene rings is 2. The van der Waals surface area contributed by atoms with Gasteiger partial charge in [0.05, 0.1) is 36.0 Å². The van der Waals surface area contributed by atoms with Crippen LogP contribution in [0, 0.1) is 18.3 Å². The van der Waals surface area contributed by atoms with Crippen LogP contribution in [0.3, 0.4) is 0 Å². The summed E-state index contributed by atoms with van der Waals surface area (Å²) in [5.41, 5.74) is 3.93. The number of amides is 5. The van der Waals surface area contributed by atoms with Gasteiger partial charge in [-0.1, -0.05) is 42.0 Å². The van der Waals surface area contributed by atoms with Gasteiger partial charge in [-0.05, 0) is 37.1 Å². The lowest BCUT2D eigenvalue weighted by Gasteiger charge is -2.25. The fraction of sp³-hybridized carbons (Fsp3) is 0.320. The molecule has 2 aliphatic heterocycles. The van der Waals surface area contributed by atoms with Crippen LogP contribution in [0.1, 0.15) is 42.1 Å². The number of rotatable bonds is 4. The molecule has 1 unspecified atom stereocenters. The van der Waals surface area contributed by atoms with Crippen LogP contribution in [0.5, 0.6) is 0 Å². The second-order valence-electron chi connectivity index (χ2n) is 8.50. The molecule has 1 fully saturated rings. The maximum absolute atomic E-state index is 13.1. The van der Waals surface area contributed by atoms with Crippen molar-refractivity contribution in [2.24, 2.45) is 5.10 Å². The summed E-state index contributed by atoms with van der Waals surface area (Å²) >= 11 is 0. The van der Waals surface area contributed by atoms with Crippen LogP contribution in [-0.2, 0) is 4.79 Å². The third kappa shape index (κ3) is 4.48. The molecule has 0 aromatic heterocycles. The average Bonchev–Trinajstić information content (AvgIpc) is 3.43. The zero-order valence-corrected chi connectivity index (χ0v) is 19.4. The first-order valence-corrected chi connectivity index (χ1v) is 11.1. The van der Waals surface area contributed by atoms with Crippen molar-refractivity contribution in [2.45, 2.75) is 32.9 Å². The van der Waals surface area contributed by atoms with E-state index in [1.807, 2.05) is 38.1 Å². The highest BCUT2D eigenvalue weighted by Gasteiger charge is 2.42. The molecular formula is C25H26N6O3. The fourth-order valence-corrected chi connectivity index (χ4v) is 4.16. The van der Waals surface area contributed by atoms with Gasteiger partial charge in [-0.2, -0.15) is 10.4 Å². The zero-order valence-electron chi connectivity index (χ0n) is 19.4. The first kappa shape index (κ1) is 23.0. The summed E-state index contributed by atoms with van der Waals surface area (Å²) in [5, 5.41) is 17.8. The summed E-state index contributed by atoms with van der Waals surface area (Å²) in [6.07, 6.45) is 0. The topological polar surface area (TPSA) is 109 Å². The quantitative estimate of drug-likeness (QED) is 0.759.